The van der Waals surface area contributed by atoms with Crippen molar-refractivity contribution in [2.75, 3.05) is 0 Å². The molecule has 0 aliphatic carbocycles. The van der Waals surface area contributed by atoms with E-state index < -0.39 is 0 Å². The Morgan fingerprint density at radius 1 is 0.690 bits per heavy atom. The predicted octanol–water partition coefficient (Wildman–Crippen LogP) is 8.06. The first kappa shape index (κ1) is 25.9. The highest BCUT2D eigenvalue weighted by atomic mass is 16.6. The molecule has 1 heterocycles. The molecule has 0 N–H and O–H groups in total. The lowest BCUT2D eigenvalue weighted by Gasteiger charge is -2.04. The molecule has 0 aromatic carbocycles. The minimum atomic E-state index is -0.345. The zero-order chi connectivity index (χ0) is 21.0. The fourth-order valence-electron chi connectivity index (χ4n) is 4.09. The van der Waals surface area contributed by atoms with Crippen LogP contribution in [-0.4, -0.2) is 11.9 Å². The topological polar surface area (TPSA) is 43.4 Å². The molecule has 1 unspecified atom stereocenters. The first-order chi connectivity index (χ1) is 14.2. The van der Waals surface area contributed by atoms with Crippen LogP contribution in [0.15, 0.2) is 12.2 Å². The van der Waals surface area contributed by atoms with Gasteiger partial charge in [-0.3, -0.25) is 9.59 Å². The van der Waals surface area contributed by atoms with E-state index in [9.17, 15) is 9.59 Å². The summed E-state index contributed by atoms with van der Waals surface area (Å²) in [5, 5.41) is 0. The summed E-state index contributed by atoms with van der Waals surface area (Å²) < 4.78 is 4.58. The van der Waals surface area contributed by atoms with Crippen molar-refractivity contribution in [2.24, 2.45) is 5.92 Å². The van der Waals surface area contributed by atoms with Crippen LogP contribution < -0.4 is 0 Å². The zero-order valence-electron chi connectivity index (χ0n) is 19.1. The van der Waals surface area contributed by atoms with Gasteiger partial charge in [-0.1, -0.05) is 109 Å². The van der Waals surface area contributed by atoms with Crippen molar-refractivity contribution in [3.05, 3.63) is 12.2 Å². The van der Waals surface area contributed by atoms with E-state index in [2.05, 4.69) is 23.8 Å². The van der Waals surface area contributed by atoms with Gasteiger partial charge in [-0.05, 0) is 32.1 Å². The minimum absolute atomic E-state index is 0.162. The second kappa shape index (κ2) is 18.9. The molecule has 0 aromatic rings. The Morgan fingerprint density at radius 3 is 1.59 bits per heavy atom. The van der Waals surface area contributed by atoms with Crippen LogP contribution in [0.25, 0.3) is 0 Å². The number of carbonyl (C=O) groups excluding carboxylic acids is 2. The minimum Gasteiger partial charge on any atom is -0.393 e. The number of esters is 2. The smallest absolute Gasteiger partial charge is 0.317 e. The molecule has 3 heteroatoms. The molecule has 1 rings (SSSR count). The number of hydrogen-bond acceptors (Lipinski definition) is 3. The number of cyclic esters (lactones) is 2. The lowest BCUT2D eigenvalue weighted by atomic mass is 9.99. The molecular formula is C26H46O3. The molecule has 1 aliphatic rings. The average Bonchev–Trinajstić information content (AvgIpc) is 3.03. The molecule has 1 fully saturated rings. The van der Waals surface area contributed by atoms with E-state index in [1.54, 1.807) is 0 Å². The molecule has 3 nitrogen and oxygen atoms in total. The Kier molecular flexibility index (Phi) is 16.9. The monoisotopic (exact) mass is 406 g/mol. The van der Waals surface area contributed by atoms with Crippen molar-refractivity contribution in [3.8, 4) is 0 Å². The van der Waals surface area contributed by atoms with Crippen LogP contribution in [0, 0.1) is 5.92 Å². The van der Waals surface area contributed by atoms with Gasteiger partial charge >= 0.3 is 11.9 Å². The molecule has 0 spiro atoms. The number of carbonyl (C=O) groups is 2. The van der Waals surface area contributed by atoms with Crippen LogP contribution in [0.5, 0.6) is 0 Å². The maximum absolute atomic E-state index is 11.4. The van der Waals surface area contributed by atoms with Gasteiger partial charge in [0.05, 0.1) is 12.3 Å². The van der Waals surface area contributed by atoms with E-state index in [4.69, 9.17) is 0 Å². The SMILES string of the molecule is CCCCCCCCCCCC=CCCCCCCCCCC1CC(=O)OC1=O. The second-order valence-electron chi connectivity index (χ2n) is 8.83. The first-order valence-electron chi connectivity index (χ1n) is 12.6. The molecule has 1 atom stereocenters. The van der Waals surface area contributed by atoms with Crippen molar-refractivity contribution in [2.45, 2.75) is 135 Å². The quantitative estimate of drug-likeness (QED) is 0.0888. The van der Waals surface area contributed by atoms with Crippen molar-refractivity contribution in [1.29, 1.82) is 0 Å². The van der Waals surface area contributed by atoms with Crippen molar-refractivity contribution in [3.63, 3.8) is 0 Å². The van der Waals surface area contributed by atoms with Crippen LogP contribution in [0.3, 0.4) is 0 Å². The molecule has 0 saturated carbocycles. The molecule has 29 heavy (non-hydrogen) atoms. The number of ether oxygens (including phenoxy) is 1. The summed E-state index contributed by atoms with van der Waals surface area (Å²) in [5.74, 6) is -0.812. The van der Waals surface area contributed by atoms with Gasteiger partial charge in [0.1, 0.15) is 0 Å². The Morgan fingerprint density at radius 2 is 1.14 bits per heavy atom. The summed E-state index contributed by atoms with van der Waals surface area (Å²) in [4.78, 5) is 22.4. The summed E-state index contributed by atoms with van der Waals surface area (Å²) in [7, 11) is 0. The van der Waals surface area contributed by atoms with E-state index in [1.165, 1.54) is 103 Å². The fraction of sp³-hybridized carbons (Fsp3) is 0.846. The van der Waals surface area contributed by atoms with Crippen LogP contribution in [-0.2, 0) is 14.3 Å². The van der Waals surface area contributed by atoms with Gasteiger partial charge in [0.2, 0.25) is 0 Å². The number of hydrogen-bond donors (Lipinski definition) is 0. The van der Waals surface area contributed by atoms with Crippen molar-refractivity contribution >= 4 is 11.9 Å². The van der Waals surface area contributed by atoms with Gasteiger partial charge in [0, 0.05) is 0 Å². The Hall–Kier alpha value is -1.12. The number of allylic oxidation sites excluding steroid dienone is 2. The summed E-state index contributed by atoms with van der Waals surface area (Å²) in [6, 6.07) is 0. The maximum atomic E-state index is 11.4. The predicted molar refractivity (Wildman–Crippen MR) is 122 cm³/mol. The van der Waals surface area contributed by atoms with Gasteiger partial charge in [-0.25, -0.2) is 0 Å². The Balaban J connectivity index is 1.73. The average molecular weight is 407 g/mol. The highest BCUT2D eigenvalue weighted by Crippen LogP contribution is 2.22. The third kappa shape index (κ3) is 15.4. The normalized spacial score (nSPS) is 16.8. The second-order valence-corrected chi connectivity index (χ2v) is 8.83. The van der Waals surface area contributed by atoms with Gasteiger partial charge in [0.25, 0.3) is 0 Å². The van der Waals surface area contributed by atoms with Crippen LogP contribution in [0.4, 0.5) is 0 Å². The van der Waals surface area contributed by atoms with Gasteiger partial charge in [-0.15, -0.1) is 0 Å². The highest BCUT2D eigenvalue weighted by Gasteiger charge is 2.32. The van der Waals surface area contributed by atoms with Gasteiger partial charge in [0.15, 0.2) is 0 Å². The van der Waals surface area contributed by atoms with Crippen LogP contribution in [0.2, 0.25) is 0 Å². The third-order valence-corrected chi connectivity index (χ3v) is 6.03. The number of rotatable bonds is 20. The van der Waals surface area contributed by atoms with Gasteiger partial charge < -0.3 is 4.74 Å². The fourth-order valence-corrected chi connectivity index (χ4v) is 4.09. The molecule has 0 radical (unpaired) electrons. The van der Waals surface area contributed by atoms with E-state index in [-0.39, 0.29) is 17.9 Å². The zero-order valence-corrected chi connectivity index (χ0v) is 19.1. The largest absolute Gasteiger partial charge is 0.393 e. The van der Waals surface area contributed by atoms with Crippen LogP contribution >= 0.6 is 0 Å². The summed E-state index contributed by atoms with van der Waals surface area (Å²) in [6.07, 6.45) is 29.7. The molecular weight excluding hydrogens is 360 g/mol. The van der Waals surface area contributed by atoms with E-state index in [0.717, 1.165) is 19.3 Å². The Labute approximate surface area is 180 Å². The first-order valence-corrected chi connectivity index (χ1v) is 12.6. The third-order valence-electron chi connectivity index (χ3n) is 6.03. The lowest BCUT2D eigenvalue weighted by molar-refractivity contribution is -0.153. The Bertz CT molecular complexity index is 441. The molecule has 1 saturated heterocycles. The molecule has 0 amide bonds. The summed E-state index contributed by atoms with van der Waals surface area (Å²) >= 11 is 0. The van der Waals surface area contributed by atoms with Crippen molar-refractivity contribution in [1.82, 2.24) is 0 Å². The lowest BCUT2D eigenvalue weighted by Crippen LogP contribution is -2.06. The molecule has 1 aliphatic heterocycles. The van der Waals surface area contributed by atoms with E-state index in [0.29, 0.717) is 6.42 Å². The molecule has 0 aromatic heterocycles. The summed E-state index contributed by atoms with van der Waals surface area (Å²) in [6.45, 7) is 2.28. The van der Waals surface area contributed by atoms with E-state index in [1.807, 2.05) is 0 Å². The van der Waals surface area contributed by atoms with E-state index >= 15 is 0 Å². The van der Waals surface area contributed by atoms with Crippen molar-refractivity contribution < 1.29 is 14.3 Å². The molecule has 0 bridgehead atoms. The highest BCUT2D eigenvalue weighted by molar-refractivity contribution is 5.94. The standard InChI is InChI=1S/C26H46O3/c1-2-3-4-5-6-7-8-9-10-11-12-13-14-15-16-17-18-19-20-21-22-24-23-25(27)29-26(24)28/h12-13,24H,2-11,14-23H2,1H3. The number of unbranched alkanes of at least 4 members (excludes halogenated alkanes) is 16. The van der Waals surface area contributed by atoms with Crippen LogP contribution in [0.1, 0.15) is 135 Å². The van der Waals surface area contributed by atoms with Gasteiger partial charge in [-0.2, -0.15) is 0 Å². The maximum Gasteiger partial charge on any atom is 0.317 e. The molecule has 168 valence electrons. The summed E-state index contributed by atoms with van der Waals surface area (Å²) in [5.41, 5.74) is 0.